The van der Waals surface area contributed by atoms with E-state index in [0.29, 0.717) is 21.9 Å². The number of anilines is 1. The summed E-state index contributed by atoms with van der Waals surface area (Å²) in [6.07, 6.45) is -1.71. The molecule has 0 bridgehead atoms. The van der Waals surface area contributed by atoms with Gasteiger partial charge in [-0.1, -0.05) is 36.6 Å². The second kappa shape index (κ2) is 9.09. The highest BCUT2D eigenvalue weighted by Gasteiger charge is 2.32. The molecule has 0 fully saturated rings. The van der Waals surface area contributed by atoms with E-state index in [1.165, 1.54) is 10.9 Å². The summed E-state index contributed by atoms with van der Waals surface area (Å²) in [4.78, 5) is 24.2. The smallest absolute Gasteiger partial charge is 0.309 e. The molecule has 4 N–H and O–H groups in total. The van der Waals surface area contributed by atoms with Crippen LogP contribution in [0.25, 0.3) is 11.2 Å². The zero-order chi connectivity index (χ0) is 21.8. The van der Waals surface area contributed by atoms with E-state index in [1.54, 1.807) is 38.2 Å². The molecule has 10 heteroatoms. The molecule has 3 rings (SSSR count). The predicted molar refractivity (Wildman–Crippen MR) is 111 cm³/mol. The number of rotatable bonds is 6. The molecule has 0 aliphatic carbocycles. The fraction of sp³-hybridized carbons (Fsp3) is 0.300. The summed E-state index contributed by atoms with van der Waals surface area (Å²) in [6.45, 7) is 1.62. The zero-order valence-corrected chi connectivity index (χ0v) is 17.0. The van der Waals surface area contributed by atoms with Gasteiger partial charge in [-0.3, -0.25) is 9.36 Å². The van der Waals surface area contributed by atoms with Crippen LogP contribution in [0.4, 0.5) is 5.82 Å². The number of fused-ring (bicyclic) bond motifs is 1. The molecule has 0 saturated carbocycles. The second-order valence-electron chi connectivity index (χ2n) is 6.46. The number of carboxylic acids is 1. The molecule has 3 aromatic rings. The van der Waals surface area contributed by atoms with Gasteiger partial charge in [0.1, 0.15) is 6.10 Å². The normalized spacial score (nSPS) is 13.9. The van der Waals surface area contributed by atoms with Crippen molar-refractivity contribution in [3.63, 3.8) is 0 Å². The lowest BCUT2D eigenvalue weighted by Gasteiger charge is -2.23. The highest BCUT2D eigenvalue weighted by Crippen LogP contribution is 2.25. The van der Waals surface area contributed by atoms with Crippen molar-refractivity contribution in [1.29, 1.82) is 0 Å². The summed E-state index contributed by atoms with van der Waals surface area (Å²) < 4.78 is 1.20. The number of halogens is 1. The van der Waals surface area contributed by atoms with Crippen LogP contribution in [0.15, 0.2) is 30.6 Å². The largest absolute Gasteiger partial charge is 0.481 e. The molecule has 9 nitrogen and oxygen atoms in total. The summed E-state index contributed by atoms with van der Waals surface area (Å²) in [6, 6.07) is 7.07. The van der Waals surface area contributed by atoms with Crippen LogP contribution in [0.2, 0.25) is 5.02 Å². The van der Waals surface area contributed by atoms with Gasteiger partial charge in [0.2, 0.25) is 5.82 Å². The van der Waals surface area contributed by atoms with Crippen molar-refractivity contribution in [2.45, 2.75) is 25.7 Å². The van der Waals surface area contributed by atoms with Crippen LogP contribution in [0.1, 0.15) is 31.0 Å². The van der Waals surface area contributed by atoms with E-state index in [-0.39, 0.29) is 17.9 Å². The minimum Gasteiger partial charge on any atom is -0.481 e. The van der Waals surface area contributed by atoms with Crippen LogP contribution in [0, 0.1) is 17.8 Å². The fourth-order valence-electron chi connectivity index (χ4n) is 2.96. The molecular formula is C20H20ClN5O4. The Morgan fingerprint density at radius 1 is 1.27 bits per heavy atom. The zero-order valence-electron chi connectivity index (χ0n) is 16.2. The topological polar surface area (TPSA) is 133 Å². The molecular weight excluding hydrogens is 410 g/mol. The van der Waals surface area contributed by atoms with Crippen LogP contribution in [-0.4, -0.2) is 54.0 Å². The van der Waals surface area contributed by atoms with Gasteiger partial charge in [0.25, 0.3) is 0 Å². The lowest BCUT2D eigenvalue weighted by atomic mass is 9.98. The number of aliphatic hydroxyl groups is 2. The molecule has 30 heavy (non-hydrogen) atoms. The first-order valence-corrected chi connectivity index (χ1v) is 9.53. The first-order chi connectivity index (χ1) is 14.4. The van der Waals surface area contributed by atoms with E-state index in [0.717, 1.165) is 0 Å². The highest BCUT2D eigenvalue weighted by atomic mass is 35.5. The molecule has 1 aromatic carbocycles. The summed E-state index contributed by atoms with van der Waals surface area (Å²) in [5.41, 5.74) is 1.14. The third-order valence-electron chi connectivity index (χ3n) is 4.60. The maximum absolute atomic E-state index is 11.4. The van der Waals surface area contributed by atoms with Crippen LogP contribution in [0.5, 0.6) is 0 Å². The second-order valence-corrected chi connectivity index (χ2v) is 6.86. The monoisotopic (exact) mass is 429 g/mol. The molecule has 2 aromatic heterocycles. The quantitative estimate of drug-likeness (QED) is 0.436. The van der Waals surface area contributed by atoms with Crippen LogP contribution >= 0.6 is 11.6 Å². The highest BCUT2D eigenvalue weighted by molar-refractivity contribution is 6.31. The Balaban J connectivity index is 2.06. The van der Waals surface area contributed by atoms with Gasteiger partial charge in [0.05, 0.1) is 17.3 Å². The third kappa shape index (κ3) is 4.21. The van der Waals surface area contributed by atoms with Gasteiger partial charge in [0, 0.05) is 12.6 Å². The van der Waals surface area contributed by atoms with E-state index in [9.17, 15) is 20.1 Å². The van der Waals surface area contributed by atoms with E-state index in [1.807, 2.05) is 0 Å². The van der Waals surface area contributed by atoms with Gasteiger partial charge in [-0.25, -0.2) is 15.0 Å². The number of benzene rings is 1. The standard InChI is InChI=1S/C20H20ClN5O4/c1-3-12(20(29)30)16(27)19(28)26-10-23-15-17(22-2)24-14(25-18(15)26)9-8-11-6-4-5-7-13(11)21/h4-7,10,12,16,19,27-28H,3H2,1-2H3,(H,29,30)(H,22,24,25)/t12-,16+,19+/m0/s1. The summed E-state index contributed by atoms with van der Waals surface area (Å²) in [5, 5.41) is 33.6. The van der Waals surface area contributed by atoms with Gasteiger partial charge < -0.3 is 20.6 Å². The molecule has 2 heterocycles. The molecule has 0 unspecified atom stereocenters. The lowest BCUT2D eigenvalue weighted by Crippen LogP contribution is -2.35. The van der Waals surface area contributed by atoms with E-state index in [4.69, 9.17) is 11.6 Å². The number of carboxylic acid groups (broad SMARTS) is 1. The van der Waals surface area contributed by atoms with Gasteiger partial charge >= 0.3 is 5.97 Å². The minimum absolute atomic E-state index is 0.139. The van der Waals surface area contributed by atoms with Crippen molar-refractivity contribution in [2.75, 3.05) is 12.4 Å². The van der Waals surface area contributed by atoms with Crippen molar-refractivity contribution in [3.8, 4) is 11.8 Å². The molecule has 3 atom stereocenters. The number of aliphatic hydroxyl groups excluding tert-OH is 2. The number of imidazole rings is 1. The van der Waals surface area contributed by atoms with Gasteiger partial charge in [-0.15, -0.1) is 0 Å². The maximum atomic E-state index is 11.4. The van der Waals surface area contributed by atoms with Crippen molar-refractivity contribution in [1.82, 2.24) is 19.5 Å². The maximum Gasteiger partial charge on any atom is 0.309 e. The average Bonchev–Trinajstić information content (AvgIpc) is 3.16. The van der Waals surface area contributed by atoms with Crippen molar-refractivity contribution < 1.29 is 20.1 Å². The first-order valence-electron chi connectivity index (χ1n) is 9.15. The Hall–Kier alpha value is -3.19. The number of nitrogens with zero attached hydrogens (tertiary/aromatic N) is 4. The van der Waals surface area contributed by atoms with Gasteiger partial charge in [0.15, 0.2) is 23.2 Å². The summed E-state index contributed by atoms with van der Waals surface area (Å²) in [7, 11) is 1.65. The number of aromatic nitrogens is 4. The third-order valence-corrected chi connectivity index (χ3v) is 4.93. The van der Waals surface area contributed by atoms with Crippen molar-refractivity contribution in [3.05, 3.63) is 47.0 Å². The number of aliphatic carboxylic acids is 1. The van der Waals surface area contributed by atoms with E-state index >= 15 is 0 Å². The molecule has 0 aliphatic rings. The molecule has 0 saturated heterocycles. The lowest BCUT2D eigenvalue weighted by molar-refractivity contribution is -0.152. The van der Waals surface area contributed by atoms with E-state index < -0.39 is 24.2 Å². The molecule has 0 amide bonds. The van der Waals surface area contributed by atoms with Crippen molar-refractivity contribution >= 4 is 34.6 Å². The van der Waals surface area contributed by atoms with Gasteiger partial charge in [-0.2, -0.15) is 0 Å². The Morgan fingerprint density at radius 3 is 2.63 bits per heavy atom. The predicted octanol–water partition coefficient (Wildman–Crippen LogP) is 1.88. The van der Waals surface area contributed by atoms with E-state index in [2.05, 4.69) is 32.1 Å². The average molecular weight is 430 g/mol. The van der Waals surface area contributed by atoms with Crippen LogP contribution in [0.3, 0.4) is 0 Å². The first kappa shape index (κ1) is 21.5. The Labute approximate surface area is 177 Å². The van der Waals surface area contributed by atoms with Gasteiger partial charge in [-0.05, 0) is 24.5 Å². The Kier molecular flexibility index (Phi) is 6.52. The molecule has 0 spiro atoms. The summed E-state index contributed by atoms with van der Waals surface area (Å²) >= 11 is 6.12. The van der Waals surface area contributed by atoms with Crippen molar-refractivity contribution in [2.24, 2.45) is 5.92 Å². The molecule has 156 valence electrons. The van der Waals surface area contributed by atoms with Crippen LogP contribution < -0.4 is 5.32 Å². The Bertz CT molecular complexity index is 1140. The number of carbonyl (C=O) groups is 1. The number of hydrogen-bond donors (Lipinski definition) is 4. The SMILES string of the molecule is CC[C@H](C(=O)O)[C@@H](O)[C@@H](O)n1cnc2c(NC)nc(C#Cc3ccccc3Cl)nc21. The van der Waals surface area contributed by atoms with Crippen LogP contribution in [-0.2, 0) is 4.79 Å². The molecule has 0 aliphatic heterocycles. The summed E-state index contributed by atoms with van der Waals surface area (Å²) in [5.74, 6) is 3.88. The fourth-order valence-corrected chi connectivity index (χ4v) is 3.14. The Morgan fingerprint density at radius 2 is 2.00 bits per heavy atom. The molecule has 0 radical (unpaired) electrons. The number of nitrogens with one attached hydrogen (secondary N) is 1. The minimum atomic E-state index is -1.57. The number of hydrogen-bond acceptors (Lipinski definition) is 7.